The number of hydrogen-bond acceptors (Lipinski definition) is 4. The molecule has 0 spiro atoms. The molecule has 4 heteroatoms. The Morgan fingerprint density at radius 2 is 1.77 bits per heavy atom. The molecule has 2 aliphatic carbocycles. The van der Waals surface area contributed by atoms with E-state index >= 15 is 0 Å². The molecule has 0 fully saturated rings. The summed E-state index contributed by atoms with van der Waals surface area (Å²) in [5.41, 5.74) is 5.32. The van der Waals surface area contributed by atoms with Crippen molar-refractivity contribution in [1.29, 1.82) is 0 Å². The van der Waals surface area contributed by atoms with Crippen LogP contribution in [0.5, 0.6) is 0 Å². The zero-order chi connectivity index (χ0) is 18.4. The first-order valence-electron chi connectivity index (χ1n) is 9.73. The van der Waals surface area contributed by atoms with E-state index in [1.807, 2.05) is 12.3 Å². The largest absolute Gasteiger partial charge is 0.388 e. The van der Waals surface area contributed by atoms with E-state index in [1.54, 1.807) is 6.20 Å². The molecule has 138 valence electrons. The van der Waals surface area contributed by atoms with Crippen molar-refractivity contribution in [3.05, 3.63) is 58.7 Å². The Labute approximate surface area is 155 Å². The third-order valence-corrected chi connectivity index (χ3v) is 6.46. The molecule has 0 radical (unpaired) electrons. The van der Waals surface area contributed by atoms with Crippen molar-refractivity contribution in [3.8, 4) is 0 Å². The van der Waals surface area contributed by atoms with Crippen LogP contribution in [0, 0.1) is 23.7 Å². The lowest BCUT2D eigenvalue weighted by molar-refractivity contribution is 0.0914. The second kappa shape index (κ2) is 6.75. The first-order chi connectivity index (χ1) is 12.5. The van der Waals surface area contributed by atoms with Gasteiger partial charge in [0.1, 0.15) is 0 Å². The van der Waals surface area contributed by atoms with E-state index in [9.17, 15) is 10.2 Å². The summed E-state index contributed by atoms with van der Waals surface area (Å²) in [6.45, 7) is 6.53. The molecule has 4 rings (SSSR count). The van der Waals surface area contributed by atoms with E-state index in [0.717, 1.165) is 41.8 Å². The van der Waals surface area contributed by atoms with Crippen LogP contribution in [-0.2, 0) is 19.3 Å². The second-order valence-electron chi connectivity index (χ2n) is 8.46. The molecule has 4 nitrogen and oxygen atoms in total. The van der Waals surface area contributed by atoms with Crippen LogP contribution in [0.2, 0.25) is 0 Å². The van der Waals surface area contributed by atoms with Crippen LogP contribution in [-0.4, -0.2) is 20.2 Å². The fraction of sp³-hybridized carbons (Fsp3) is 0.545. The van der Waals surface area contributed by atoms with Gasteiger partial charge in [0, 0.05) is 29.3 Å². The van der Waals surface area contributed by atoms with Crippen LogP contribution in [0.15, 0.2) is 30.6 Å². The van der Waals surface area contributed by atoms with Gasteiger partial charge in [-0.15, -0.1) is 0 Å². The monoisotopic (exact) mass is 352 g/mol. The summed E-state index contributed by atoms with van der Waals surface area (Å²) in [6.07, 6.45) is 5.43. The number of aliphatic hydroxyl groups excluding tert-OH is 2. The van der Waals surface area contributed by atoms with Crippen molar-refractivity contribution in [3.63, 3.8) is 0 Å². The summed E-state index contributed by atoms with van der Waals surface area (Å²) < 4.78 is 0. The molecule has 0 amide bonds. The van der Waals surface area contributed by atoms with E-state index in [-0.39, 0.29) is 17.9 Å². The molecule has 5 atom stereocenters. The molecule has 0 aliphatic heterocycles. The number of aliphatic hydroxyl groups is 2. The SMILES string of the molecule is CC(C)C1Cc2nc(CC(C)C3Cc4cnccc4C3O)ccc2C1O. The molecular formula is C22H28N2O2. The fourth-order valence-corrected chi connectivity index (χ4v) is 4.76. The maximum Gasteiger partial charge on any atom is 0.0841 e. The first kappa shape index (κ1) is 17.6. The normalized spacial score (nSPS) is 28.2. The highest BCUT2D eigenvalue weighted by Gasteiger charge is 2.36. The van der Waals surface area contributed by atoms with Gasteiger partial charge in [-0.1, -0.05) is 26.8 Å². The van der Waals surface area contributed by atoms with E-state index in [2.05, 4.69) is 37.9 Å². The lowest BCUT2D eigenvalue weighted by Gasteiger charge is -2.22. The van der Waals surface area contributed by atoms with Crippen molar-refractivity contribution in [2.24, 2.45) is 23.7 Å². The maximum atomic E-state index is 10.7. The lowest BCUT2D eigenvalue weighted by Crippen LogP contribution is -2.19. The smallest absolute Gasteiger partial charge is 0.0841 e. The summed E-state index contributed by atoms with van der Waals surface area (Å²) in [5, 5.41) is 21.2. The molecule has 2 heterocycles. The molecule has 5 unspecified atom stereocenters. The first-order valence-corrected chi connectivity index (χ1v) is 9.73. The van der Waals surface area contributed by atoms with Crippen molar-refractivity contribution in [1.82, 2.24) is 9.97 Å². The minimum absolute atomic E-state index is 0.207. The molecule has 0 saturated carbocycles. The Hall–Kier alpha value is -1.78. The van der Waals surface area contributed by atoms with Crippen molar-refractivity contribution in [2.75, 3.05) is 0 Å². The molecule has 0 bridgehead atoms. The highest BCUT2D eigenvalue weighted by molar-refractivity contribution is 5.33. The van der Waals surface area contributed by atoms with Crippen molar-refractivity contribution >= 4 is 0 Å². The minimum atomic E-state index is -0.412. The Morgan fingerprint density at radius 3 is 2.50 bits per heavy atom. The standard InChI is InChI=1S/C22H28N2O2/c1-12(2)18-10-20-17(22(18)26)5-4-15(24-20)8-13(3)19-9-14-11-23-7-6-16(14)21(19)25/h4-7,11-13,18-19,21-22,25-26H,8-10H2,1-3H3. The Balaban J connectivity index is 1.49. The van der Waals surface area contributed by atoms with Crippen molar-refractivity contribution in [2.45, 2.75) is 52.2 Å². The number of rotatable bonds is 4. The zero-order valence-corrected chi connectivity index (χ0v) is 15.8. The Kier molecular flexibility index (Phi) is 4.57. The predicted molar refractivity (Wildman–Crippen MR) is 100 cm³/mol. The van der Waals surface area contributed by atoms with Gasteiger partial charge in [-0.3, -0.25) is 9.97 Å². The third-order valence-electron chi connectivity index (χ3n) is 6.46. The fourth-order valence-electron chi connectivity index (χ4n) is 4.76. The van der Waals surface area contributed by atoms with Gasteiger partial charge in [0.25, 0.3) is 0 Å². The third kappa shape index (κ3) is 2.95. The Morgan fingerprint density at radius 1 is 1.00 bits per heavy atom. The van der Waals surface area contributed by atoms with Gasteiger partial charge >= 0.3 is 0 Å². The highest BCUT2D eigenvalue weighted by atomic mass is 16.3. The maximum absolute atomic E-state index is 10.7. The summed E-state index contributed by atoms with van der Waals surface area (Å²) in [4.78, 5) is 9.06. The van der Waals surface area contributed by atoms with Gasteiger partial charge in [0.05, 0.1) is 12.2 Å². The Bertz CT molecular complexity index is 804. The van der Waals surface area contributed by atoms with Crippen LogP contribution < -0.4 is 0 Å². The summed E-state index contributed by atoms with van der Waals surface area (Å²) in [6, 6.07) is 6.05. The predicted octanol–water partition coefficient (Wildman–Crippen LogP) is 3.42. The van der Waals surface area contributed by atoms with E-state index in [1.165, 1.54) is 5.56 Å². The van der Waals surface area contributed by atoms with Crippen LogP contribution in [0.25, 0.3) is 0 Å². The van der Waals surface area contributed by atoms with Gasteiger partial charge in [0.2, 0.25) is 0 Å². The highest BCUT2D eigenvalue weighted by Crippen LogP contribution is 2.42. The van der Waals surface area contributed by atoms with Crippen LogP contribution in [0.3, 0.4) is 0 Å². The molecule has 0 saturated heterocycles. The number of hydrogen-bond donors (Lipinski definition) is 2. The second-order valence-corrected chi connectivity index (χ2v) is 8.46. The van der Waals surface area contributed by atoms with Crippen LogP contribution >= 0.6 is 0 Å². The topological polar surface area (TPSA) is 66.2 Å². The quantitative estimate of drug-likeness (QED) is 0.885. The van der Waals surface area contributed by atoms with Gasteiger partial charge < -0.3 is 10.2 Å². The molecule has 2 aromatic rings. The number of fused-ring (bicyclic) bond motifs is 2. The van der Waals surface area contributed by atoms with Crippen molar-refractivity contribution < 1.29 is 10.2 Å². The molecule has 26 heavy (non-hydrogen) atoms. The average molecular weight is 352 g/mol. The minimum Gasteiger partial charge on any atom is -0.388 e. The lowest BCUT2D eigenvalue weighted by atomic mass is 9.86. The van der Waals surface area contributed by atoms with Gasteiger partial charge in [-0.05, 0) is 66.2 Å². The van der Waals surface area contributed by atoms with Crippen LogP contribution in [0.4, 0.5) is 0 Å². The number of nitrogens with zero attached hydrogens (tertiary/aromatic N) is 2. The average Bonchev–Trinajstić information content (AvgIpc) is 3.13. The summed E-state index contributed by atoms with van der Waals surface area (Å²) in [5.74, 6) is 1.25. The summed E-state index contributed by atoms with van der Waals surface area (Å²) in [7, 11) is 0. The van der Waals surface area contributed by atoms with E-state index in [4.69, 9.17) is 4.98 Å². The van der Waals surface area contributed by atoms with Gasteiger partial charge in [0.15, 0.2) is 0 Å². The van der Waals surface area contributed by atoms with Gasteiger partial charge in [-0.25, -0.2) is 0 Å². The molecule has 0 aromatic carbocycles. The van der Waals surface area contributed by atoms with Crippen LogP contribution in [0.1, 0.15) is 61.1 Å². The number of aromatic nitrogens is 2. The molecule has 2 aromatic heterocycles. The molecule has 2 N–H and O–H groups in total. The van der Waals surface area contributed by atoms with Gasteiger partial charge in [-0.2, -0.15) is 0 Å². The molecule has 2 aliphatic rings. The molecular weight excluding hydrogens is 324 g/mol. The summed E-state index contributed by atoms with van der Waals surface area (Å²) >= 11 is 0. The van der Waals surface area contributed by atoms with E-state index < -0.39 is 6.10 Å². The number of pyridine rings is 2. The van der Waals surface area contributed by atoms with E-state index in [0.29, 0.717) is 11.8 Å². The zero-order valence-electron chi connectivity index (χ0n) is 15.8.